The van der Waals surface area contributed by atoms with E-state index in [1.54, 1.807) is 0 Å². The second-order valence-corrected chi connectivity index (χ2v) is 6.93. The smallest absolute Gasteiger partial charge is 0.289 e. The van der Waals surface area contributed by atoms with Crippen LogP contribution in [-0.2, 0) is 0 Å². The van der Waals surface area contributed by atoms with Gasteiger partial charge in [0.25, 0.3) is 17.3 Å². The Morgan fingerprint density at radius 2 is 1.88 bits per heavy atom. The Morgan fingerprint density at radius 3 is 2.62 bits per heavy atom. The number of amides is 1. The van der Waals surface area contributed by atoms with Gasteiger partial charge in [-0.15, -0.1) is 0 Å². The van der Waals surface area contributed by atoms with Crippen LogP contribution in [0.3, 0.4) is 0 Å². The van der Waals surface area contributed by atoms with Gasteiger partial charge < -0.3 is 10.2 Å². The molecule has 140 valence electrons. The van der Waals surface area contributed by atoms with Crippen molar-refractivity contribution < 1.29 is 14.6 Å². The zero-order valence-electron chi connectivity index (χ0n) is 14.4. The fourth-order valence-electron chi connectivity index (χ4n) is 4.11. The van der Waals surface area contributed by atoms with Crippen LogP contribution >= 0.6 is 0 Å². The molecule has 2 saturated heterocycles. The second kappa shape index (κ2) is 7.77. The number of nitro benzene ring substituents is 2. The summed E-state index contributed by atoms with van der Waals surface area (Å²) in [4.78, 5) is 35.5. The number of carbonyl (C=O) groups is 1. The lowest BCUT2D eigenvalue weighted by molar-refractivity contribution is -0.394. The number of piperidine rings is 2. The summed E-state index contributed by atoms with van der Waals surface area (Å²) in [5, 5.41) is 24.8. The number of fused-ring (bicyclic) bond motifs is 1. The Hall–Kier alpha value is -2.55. The molecule has 3 rings (SSSR count). The van der Waals surface area contributed by atoms with Crippen molar-refractivity contribution in [2.75, 3.05) is 19.6 Å². The third-order valence-electron chi connectivity index (χ3n) is 5.39. The first kappa shape index (κ1) is 18.2. The van der Waals surface area contributed by atoms with E-state index in [4.69, 9.17) is 0 Å². The summed E-state index contributed by atoms with van der Waals surface area (Å²) in [5.41, 5.74) is -1.09. The molecule has 1 aromatic carbocycles. The van der Waals surface area contributed by atoms with Gasteiger partial charge in [-0.2, -0.15) is 0 Å². The maximum Gasteiger partial charge on any atom is 0.289 e. The molecule has 2 fully saturated rings. The molecule has 2 heterocycles. The lowest BCUT2D eigenvalue weighted by atomic mass is 9.83. The molecular formula is C17H22N4O5. The lowest BCUT2D eigenvalue weighted by Gasteiger charge is -2.44. The number of non-ortho nitro benzene ring substituents is 1. The van der Waals surface area contributed by atoms with E-state index in [1.165, 1.54) is 12.8 Å². The number of rotatable bonds is 5. The van der Waals surface area contributed by atoms with Gasteiger partial charge in [0.15, 0.2) is 0 Å². The SMILES string of the molecule is O=C(NCC1CCCN2CCCCC12)c1ccc([N+](=O)[O-])cc1[N+](=O)[O-]. The van der Waals surface area contributed by atoms with Gasteiger partial charge in [-0.25, -0.2) is 0 Å². The van der Waals surface area contributed by atoms with Gasteiger partial charge in [-0.3, -0.25) is 25.0 Å². The van der Waals surface area contributed by atoms with Crippen LogP contribution < -0.4 is 5.32 Å². The number of hydrogen-bond acceptors (Lipinski definition) is 6. The average Bonchev–Trinajstić information content (AvgIpc) is 2.65. The third kappa shape index (κ3) is 3.82. The van der Waals surface area contributed by atoms with Crippen LogP contribution in [0.15, 0.2) is 18.2 Å². The van der Waals surface area contributed by atoms with Gasteiger partial charge in [-0.1, -0.05) is 6.42 Å². The highest BCUT2D eigenvalue weighted by molar-refractivity contribution is 5.98. The first-order valence-electron chi connectivity index (χ1n) is 8.92. The van der Waals surface area contributed by atoms with E-state index in [0.717, 1.165) is 50.6 Å². The Morgan fingerprint density at radius 1 is 1.12 bits per heavy atom. The number of carbonyl (C=O) groups excluding carboxylic acids is 1. The molecule has 26 heavy (non-hydrogen) atoms. The molecule has 2 aliphatic rings. The fourth-order valence-corrected chi connectivity index (χ4v) is 4.11. The Bertz CT molecular complexity index is 721. The molecule has 9 heteroatoms. The van der Waals surface area contributed by atoms with Crippen LogP contribution in [-0.4, -0.2) is 46.3 Å². The third-order valence-corrected chi connectivity index (χ3v) is 5.39. The van der Waals surface area contributed by atoms with Crippen molar-refractivity contribution in [2.45, 2.75) is 38.1 Å². The Labute approximate surface area is 150 Å². The molecule has 9 nitrogen and oxygen atoms in total. The van der Waals surface area contributed by atoms with Crippen LogP contribution in [0.25, 0.3) is 0 Å². The highest BCUT2D eigenvalue weighted by atomic mass is 16.6. The second-order valence-electron chi connectivity index (χ2n) is 6.93. The first-order valence-corrected chi connectivity index (χ1v) is 8.92. The summed E-state index contributed by atoms with van der Waals surface area (Å²) in [6, 6.07) is 3.56. The van der Waals surface area contributed by atoms with Crippen LogP contribution in [0, 0.1) is 26.1 Å². The molecule has 2 unspecified atom stereocenters. The van der Waals surface area contributed by atoms with E-state index < -0.39 is 27.1 Å². The zero-order chi connectivity index (χ0) is 18.7. The summed E-state index contributed by atoms with van der Waals surface area (Å²) in [5.74, 6) is -0.218. The average molecular weight is 362 g/mol. The fraction of sp³-hybridized carbons (Fsp3) is 0.588. The van der Waals surface area contributed by atoms with Gasteiger partial charge in [-0.05, 0) is 50.8 Å². The lowest BCUT2D eigenvalue weighted by Crippen LogP contribution is -2.51. The number of nitrogens with zero attached hydrogens (tertiary/aromatic N) is 3. The summed E-state index contributed by atoms with van der Waals surface area (Å²) >= 11 is 0. The first-order chi connectivity index (χ1) is 12.5. The van der Waals surface area contributed by atoms with Crippen molar-refractivity contribution in [1.29, 1.82) is 0 Å². The predicted molar refractivity (Wildman–Crippen MR) is 94.0 cm³/mol. The zero-order valence-corrected chi connectivity index (χ0v) is 14.4. The minimum absolute atomic E-state index is 0.142. The maximum absolute atomic E-state index is 12.5. The molecule has 0 aliphatic carbocycles. The minimum Gasteiger partial charge on any atom is -0.351 e. The van der Waals surface area contributed by atoms with Gasteiger partial charge in [0, 0.05) is 18.7 Å². The van der Waals surface area contributed by atoms with Crippen molar-refractivity contribution in [1.82, 2.24) is 10.2 Å². The van der Waals surface area contributed by atoms with E-state index in [2.05, 4.69) is 10.2 Å². The number of benzene rings is 1. The molecule has 1 N–H and O–H groups in total. The summed E-state index contributed by atoms with van der Waals surface area (Å²) in [7, 11) is 0. The summed E-state index contributed by atoms with van der Waals surface area (Å²) in [6.07, 6.45) is 5.65. The maximum atomic E-state index is 12.5. The topological polar surface area (TPSA) is 119 Å². The molecule has 0 saturated carbocycles. The Balaban J connectivity index is 1.70. The molecule has 1 aromatic rings. The molecule has 0 bridgehead atoms. The van der Waals surface area contributed by atoms with Gasteiger partial charge in [0.05, 0.1) is 15.9 Å². The van der Waals surface area contributed by atoms with Crippen molar-refractivity contribution in [2.24, 2.45) is 5.92 Å². The standard InChI is InChI=1S/C17H22N4O5/c22-17(14-7-6-13(20(23)24)10-16(14)21(25)26)18-11-12-4-3-9-19-8-2-1-5-15(12)19/h6-7,10,12,15H,1-5,8-9,11H2,(H,18,22). The van der Waals surface area contributed by atoms with E-state index in [1.807, 2.05) is 0 Å². The molecular weight excluding hydrogens is 340 g/mol. The van der Waals surface area contributed by atoms with Crippen LogP contribution in [0.2, 0.25) is 0 Å². The molecule has 2 aliphatic heterocycles. The number of nitrogens with one attached hydrogen (secondary N) is 1. The van der Waals surface area contributed by atoms with Gasteiger partial charge >= 0.3 is 0 Å². The van der Waals surface area contributed by atoms with Gasteiger partial charge in [0.1, 0.15) is 5.56 Å². The minimum atomic E-state index is -0.759. The largest absolute Gasteiger partial charge is 0.351 e. The van der Waals surface area contributed by atoms with Crippen molar-refractivity contribution in [3.63, 3.8) is 0 Å². The predicted octanol–water partition coefficient (Wildman–Crippen LogP) is 2.50. The van der Waals surface area contributed by atoms with E-state index in [0.29, 0.717) is 18.5 Å². The van der Waals surface area contributed by atoms with Crippen molar-refractivity contribution >= 4 is 17.3 Å². The summed E-state index contributed by atoms with van der Waals surface area (Å²) in [6.45, 7) is 2.67. The van der Waals surface area contributed by atoms with Crippen LogP contribution in [0.1, 0.15) is 42.5 Å². The van der Waals surface area contributed by atoms with E-state index in [-0.39, 0.29) is 5.56 Å². The highest BCUT2D eigenvalue weighted by Gasteiger charge is 2.33. The van der Waals surface area contributed by atoms with Crippen LogP contribution in [0.5, 0.6) is 0 Å². The summed E-state index contributed by atoms with van der Waals surface area (Å²) < 4.78 is 0. The van der Waals surface area contributed by atoms with E-state index in [9.17, 15) is 25.0 Å². The molecule has 2 atom stereocenters. The molecule has 0 aromatic heterocycles. The molecule has 1 amide bonds. The molecule has 0 spiro atoms. The molecule has 0 radical (unpaired) electrons. The Kier molecular flexibility index (Phi) is 5.46. The monoisotopic (exact) mass is 362 g/mol. The number of nitro groups is 2. The van der Waals surface area contributed by atoms with Crippen molar-refractivity contribution in [3.05, 3.63) is 44.0 Å². The van der Waals surface area contributed by atoms with E-state index >= 15 is 0 Å². The quantitative estimate of drug-likeness (QED) is 0.635. The normalized spacial score (nSPS) is 23.1. The van der Waals surface area contributed by atoms with Crippen LogP contribution in [0.4, 0.5) is 11.4 Å². The van der Waals surface area contributed by atoms with Gasteiger partial charge in [0.2, 0.25) is 0 Å². The van der Waals surface area contributed by atoms with Crippen molar-refractivity contribution in [3.8, 4) is 0 Å². The highest BCUT2D eigenvalue weighted by Crippen LogP contribution is 2.31. The number of hydrogen-bond donors (Lipinski definition) is 1.